The molecule has 5 nitrogen and oxygen atoms in total. The molecule has 0 spiro atoms. The monoisotopic (exact) mass is 309 g/mol. The zero-order valence-electron chi connectivity index (χ0n) is 12.8. The van der Waals surface area contributed by atoms with Crippen LogP contribution >= 0.6 is 0 Å². The normalized spacial score (nSPS) is 11.6. The molecule has 1 atom stereocenters. The summed E-state index contributed by atoms with van der Waals surface area (Å²) < 4.78 is 0. The number of fused-ring (bicyclic) bond motifs is 1. The Morgan fingerprint density at radius 1 is 1.13 bits per heavy atom. The first-order chi connectivity index (χ1) is 11.1. The van der Waals surface area contributed by atoms with Crippen LogP contribution in [-0.4, -0.2) is 17.9 Å². The summed E-state index contributed by atoms with van der Waals surface area (Å²) in [5.74, 6) is -0.874. The van der Waals surface area contributed by atoms with Crippen molar-refractivity contribution in [3.63, 3.8) is 0 Å². The SMILES string of the molecule is N#CCCCC[C@@H](NC(=O)c1cccc2ccccc12)C(N)=O. The van der Waals surface area contributed by atoms with Crippen LogP contribution in [0, 0.1) is 11.3 Å². The molecule has 2 aromatic carbocycles. The number of nitrogens with zero attached hydrogens (tertiary/aromatic N) is 1. The zero-order valence-corrected chi connectivity index (χ0v) is 12.8. The topological polar surface area (TPSA) is 96.0 Å². The summed E-state index contributed by atoms with van der Waals surface area (Å²) >= 11 is 0. The number of rotatable bonds is 7. The smallest absolute Gasteiger partial charge is 0.252 e. The van der Waals surface area contributed by atoms with Gasteiger partial charge in [0.15, 0.2) is 0 Å². The van der Waals surface area contributed by atoms with E-state index < -0.39 is 11.9 Å². The van der Waals surface area contributed by atoms with E-state index in [1.54, 1.807) is 6.07 Å². The number of hydrogen-bond donors (Lipinski definition) is 2. The van der Waals surface area contributed by atoms with E-state index in [0.717, 1.165) is 10.8 Å². The molecule has 2 aromatic rings. The number of nitrogens with two attached hydrogens (primary N) is 1. The summed E-state index contributed by atoms with van der Waals surface area (Å²) in [5.41, 5.74) is 5.89. The maximum absolute atomic E-state index is 12.5. The van der Waals surface area contributed by atoms with Gasteiger partial charge in [-0.3, -0.25) is 9.59 Å². The van der Waals surface area contributed by atoms with Gasteiger partial charge in [-0.1, -0.05) is 36.4 Å². The number of hydrogen-bond acceptors (Lipinski definition) is 3. The lowest BCUT2D eigenvalue weighted by Crippen LogP contribution is -2.44. The van der Waals surface area contributed by atoms with Crippen LogP contribution in [0.3, 0.4) is 0 Å². The van der Waals surface area contributed by atoms with E-state index in [1.165, 1.54) is 0 Å². The highest BCUT2D eigenvalue weighted by atomic mass is 16.2. The molecule has 0 bridgehead atoms. The van der Waals surface area contributed by atoms with Crippen molar-refractivity contribution in [1.82, 2.24) is 5.32 Å². The fourth-order valence-electron chi connectivity index (χ4n) is 2.50. The van der Waals surface area contributed by atoms with Crippen molar-refractivity contribution in [3.05, 3.63) is 48.0 Å². The van der Waals surface area contributed by atoms with Gasteiger partial charge in [-0.15, -0.1) is 0 Å². The zero-order chi connectivity index (χ0) is 16.7. The van der Waals surface area contributed by atoms with Crippen molar-refractivity contribution in [1.29, 1.82) is 5.26 Å². The molecule has 118 valence electrons. The standard InChI is InChI=1S/C18H19N3O2/c19-12-5-1-2-11-16(17(20)22)21-18(23)15-10-6-8-13-7-3-4-9-14(13)15/h3-4,6-10,16H,1-2,5,11H2,(H2,20,22)(H,21,23)/t16-/m1/s1. The number of nitriles is 1. The average molecular weight is 309 g/mol. The second-order valence-corrected chi connectivity index (χ2v) is 5.36. The quantitative estimate of drug-likeness (QED) is 0.769. The number of carbonyl (C=O) groups excluding carboxylic acids is 2. The van der Waals surface area contributed by atoms with Gasteiger partial charge in [-0.2, -0.15) is 5.26 Å². The lowest BCUT2D eigenvalue weighted by atomic mass is 10.0. The second kappa shape index (κ2) is 7.95. The Bertz CT molecular complexity index is 744. The number of nitrogens with one attached hydrogen (secondary N) is 1. The highest BCUT2D eigenvalue weighted by Gasteiger charge is 2.19. The molecule has 0 aliphatic carbocycles. The van der Waals surface area contributed by atoms with Crippen molar-refractivity contribution < 1.29 is 9.59 Å². The molecule has 0 unspecified atom stereocenters. The molecule has 0 saturated heterocycles. The van der Waals surface area contributed by atoms with Gasteiger partial charge in [0.1, 0.15) is 6.04 Å². The van der Waals surface area contributed by atoms with Gasteiger partial charge < -0.3 is 11.1 Å². The third-order valence-electron chi connectivity index (χ3n) is 3.71. The first kappa shape index (κ1) is 16.5. The van der Waals surface area contributed by atoms with Crippen molar-refractivity contribution in [3.8, 4) is 6.07 Å². The first-order valence-electron chi connectivity index (χ1n) is 7.58. The van der Waals surface area contributed by atoms with Crippen LogP contribution in [0.2, 0.25) is 0 Å². The van der Waals surface area contributed by atoms with Crippen molar-refractivity contribution in [2.24, 2.45) is 5.73 Å². The van der Waals surface area contributed by atoms with Gasteiger partial charge >= 0.3 is 0 Å². The van der Waals surface area contributed by atoms with E-state index in [4.69, 9.17) is 11.0 Å². The minimum absolute atomic E-state index is 0.314. The Hall–Kier alpha value is -2.87. The average Bonchev–Trinajstić information content (AvgIpc) is 2.56. The summed E-state index contributed by atoms with van der Waals surface area (Å²) in [6.45, 7) is 0. The molecule has 0 aromatic heterocycles. The van der Waals surface area contributed by atoms with E-state index in [9.17, 15) is 9.59 Å². The fourth-order valence-corrected chi connectivity index (χ4v) is 2.50. The van der Waals surface area contributed by atoms with Crippen molar-refractivity contribution in [2.75, 3.05) is 0 Å². The summed E-state index contributed by atoms with van der Waals surface area (Å²) in [6.07, 6.45) is 2.22. The molecule has 2 amide bonds. The molecular weight excluding hydrogens is 290 g/mol. The minimum atomic E-state index is -0.722. The fraction of sp³-hybridized carbons (Fsp3) is 0.278. The van der Waals surface area contributed by atoms with Crippen molar-refractivity contribution >= 4 is 22.6 Å². The molecule has 0 fully saturated rings. The van der Waals surface area contributed by atoms with Crippen LogP contribution in [0.5, 0.6) is 0 Å². The van der Waals surface area contributed by atoms with Gasteiger partial charge in [0.2, 0.25) is 5.91 Å². The maximum atomic E-state index is 12.5. The number of primary amides is 1. The van der Waals surface area contributed by atoms with Crippen LogP contribution in [0.1, 0.15) is 36.0 Å². The van der Waals surface area contributed by atoms with Crippen LogP contribution < -0.4 is 11.1 Å². The van der Waals surface area contributed by atoms with E-state index in [1.807, 2.05) is 36.4 Å². The Morgan fingerprint density at radius 2 is 1.87 bits per heavy atom. The molecule has 5 heteroatoms. The maximum Gasteiger partial charge on any atom is 0.252 e. The van der Waals surface area contributed by atoms with E-state index in [0.29, 0.717) is 31.2 Å². The summed E-state index contributed by atoms with van der Waals surface area (Å²) in [7, 11) is 0. The molecule has 0 aliphatic rings. The van der Waals surface area contributed by atoms with Crippen LogP contribution in [-0.2, 0) is 4.79 Å². The van der Waals surface area contributed by atoms with Gasteiger partial charge in [0.05, 0.1) is 6.07 Å². The number of carbonyl (C=O) groups is 2. The van der Waals surface area contributed by atoms with Crippen molar-refractivity contribution in [2.45, 2.75) is 31.7 Å². The van der Waals surface area contributed by atoms with Gasteiger partial charge in [0.25, 0.3) is 5.91 Å². The minimum Gasteiger partial charge on any atom is -0.368 e. The highest BCUT2D eigenvalue weighted by Crippen LogP contribution is 2.18. The van der Waals surface area contributed by atoms with E-state index in [-0.39, 0.29) is 5.91 Å². The predicted molar refractivity (Wildman–Crippen MR) is 88.5 cm³/mol. The number of amides is 2. The predicted octanol–water partition coefficient (Wildman–Crippen LogP) is 2.51. The third-order valence-corrected chi connectivity index (χ3v) is 3.71. The summed E-state index contributed by atoms with van der Waals surface area (Å²) in [4.78, 5) is 24.0. The van der Waals surface area contributed by atoms with Gasteiger partial charge in [-0.25, -0.2) is 0 Å². The summed E-state index contributed by atoms with van der Waals surface area (Å²) in [6, 6.07) is 14.4. The molecule has 23 heavy (non-hydrogen) atoms. The summed E-state index contributed by atoms with van der Waals surface area (Å²) in [5, 5.41) is 13.0. The Balaban J connectivity index is 2.11. The number of benzene rings is 2. The molecule has 0 heterocycles. The lowest BCUT2D eigenvalue weighted by Gasteiger charge is -2.16. The molecule has 0 radical (unpaired) electrons. The first-order valence-corrected chi connectivity index (χ1v) is 7.58. The van der Waals surface area contributed by atoms with Crippen LogP contribution in [0.25, 0.3) is 10.8 Å². The van der Waals surface area contributed by atoms with E-state index >= 15 is 0 Å². The Morgan fingerprint density at radius 3 is 2.61 bits per heavy atom. The highest BCUT2D eigenvalue weighted by molar-refractivity contribution is 6.08. The van der Waals surface area contributed by atoms with Crippen LogP contribution in [0.4, 0.5) is 0 Å². The van der Waals surface area contributed by atoms with E-state index in [2.05, 4.69) is 11.4 Å². The molecule has 3 N–H and O–H groups in total. The molecule has 2 rings (SSSR count). The molecule has 0 saturated carbocycles. The number of unbranched alkanes of at least 4 members (excludes halogenated alkanes) is 2. The molecule has 0 aliphatic heterocycles. The lowest BCUT2D eigenvalue weighted by molar-refractivity contribution is -0.120. The van der Waals surface area contributed by atoms with Crippen LogP contribution in [0.15, 0.2) is 42.5 Å². The molecular formula is C18H19N3O2. The Labute approximate surface area is 135 Å². The largest absolute Gasteiger partial charge is 0.368 e. The second-order valence-electron chi connectivity index (χ2n) is 5.36. The third kappa shape index (κ3) is 4.30. The van der Waals surface area contributed by atoms with Gasteiger partial charge in [0, 0.05) is 12.0 Å². The van der Waals surface area contributed by atoms with Gasteiger partial charge in [-0.05, 0) is 36.1 Å². The Kier molecular flexibility index (Phi) is 5.70.